The third-order valence-electron chi connectivity index (χ3n) is 4.16. The molecule has 0 fully saturated rings. The lowest BCUT2D eigenvalue weighted by atomic mass is 10.1. The van der Waals surface area contributed by atoms with E-state index < -0.39 is 0 Å². The molecule has 1 unspecified atom stereocenters. The van der Waals surface area contributed by atoms with E-state index in [1.54, 1.807) is 12.1 Å². The molecular weight excluding hydrogens is 323 g/mol. The van der Waals surface area contributed by atoms with E-state index >= 15 is 0 Å². The van der Waals surface area contributed by atoms with Crippen LogP contribution >= 0.6 is 0 Å². The number of hydrogen-bond donors (Lipinski definition) is 2. The minimum absolute atomic E-state index is 0.0372. The highest BCUT2D eigenvalue weighted by atomic mass is 19.1. The molecule has 1 heterocycles. The van der Waals surface area contributed by atoms with Crippen molar-refractivity contribution in [2.75, 3.05) is 20.4 Å². The number of halogens is 1. The Bertz CT molecular complexity index is 749. The monoisotopic (exact) mass is 345 g/mol. The van der Waals surface area contributed by atoms with Crippen LogP contribution in [0.5, 0.6) is 11.5 Å². The molecule has 0 radical (unpaired) electrons. The average Bonchev–Trinajstić information content (AvgIpc) is 3.04. The summed E-state index contributed by atoms with van der Waals surface area (Å²) in [5.41, 5.74) is 1.96. The fraction of sp³-hybridized carbons (Fsp3) is 0.316. The zero-order chi connectivity index (χ0) is 17.8. The van der Waals surface area contributed by atoms with Crippen LogP contribution in [-0.4, -0.2) is 26.3 Å². The molecule has 1 aliphatic heterocycles. The van der Waals surface area contributed by atoms with Crippen molar-refractivity contribution in [3.63, 3.8) is 0 Å². The third kappa shape index (κ3) is 4.48. The fourth-order valence-electron chi connectivity index (χ4n) is 2.85. The Morgan fingerprint density at radius 3 is 2.68 bits per heavy atom. The number of rotatable bonds is 6. The molecule has 2 aromatic rings. The number of hydrogen-bond acceptors (Lipinski definition) is 3. The quantitative estimate of drug-likeness (QED) is 0.833. The Labute approximate surface area is 146 Å². The van der Waals surface area contributed by atoms with Gasteiger partial charge in [0.15, 0.2) is 18.0 Å². The number of likely N-dealkylation sites (N-methyl/N-ethyl adjacent to an activating group) is 1. The molecule has 0 bridgehead atoms. The van der Waals surface area contributed by atoms with E-state index in [2.05, 4.69) is 5.32 Å². The summed E-state index contributed by atoms with van der Waals surface area (Å²) in [4.78, 5) is 13.3. The Morgan fingerprint density at radius 1 is 1.20 bits per heavy atom. The van der Waals surface area contributed by atoms with Gasteiger partial charge in [-0.1, -0.05) is 18.2 Å². The zero-order valence-electron chi connectivity index (χ0n) is 14.3. The van der Waals surface area contributed by atoms with Gasteiger partial charge in [0.05, 0.1) is 13.1 Å². The highest BCUT2D eigenvalue weighted by Gasteiger charge is 2.18. The van der Waals surface area contributed by atoms with Crippen LogP contribution in [0.2, 0.25) is 0 Å². The van der Waals surface area contributed by atoms with Crippen molar-refractivity contribution in [1.82, 2.24) is 5.32 Å². The van der Waals surface area contributed by atoms with Gasteiger partial charge < -0.3 is 19.7 Å². The largest absolute Gasteiger partial charge is 0.454 e. The number of quaternary nitrogens is 1. The summed E-state index contributed by atoms with van der Waals surface area (Å²) in [6, 6.07) is 11.9. The van der Waals surface area contributed by atoms with E-state index in [1.807, 2.05) is 32.2 Å². The van der Waals surface area contributed by atoms with Crippen molar-refractivity contribution in [2.45, 2.75) is 19.5 Å². The molecule has 6 heteroatoms. The molecular formula is C19H22FN2O3+. The molecule has 0 aliphatic carbocycles. The summed E-state index contributed by atoms with van der Waals surface area (Å²) < 4.78 is 23.6. The normalized spacial score (nSPS) is 14.8. The third-order valence-corrected chi connectivity index (χ3v) is 4.16. The Morgan fingerprint density at radius 2 is 1.92 bits per heavy atom. The van der Waals surface area contributed by atoms with Gasteiger partial charge in [0.1, 0.15) is 12.4 Å². The summed E-state index contributed by atoms with van der Waals surface area (Å²) in [7, 11) is 1.94. The van der Waals surface area contributed by atoms with Crippen LogP contribution < -0.4 is 19.7 Å². The Balaban J connectivity index is 1.52. The molecule has 25 heavy (non-hydrogen) atoms. The maximum Gasteiger partial charge on any atom is 0.275 e. The van der Waals surface area contributed by atoms with Crippen molar-refractivity contribution < 1.29 is 23.6 Å². The fourth-order valence-corrected chi connectivity index (χ4v) is 2.85. The van der Waals surface area contributed by atoms with E-state index in [0.29, 0.717) is 18.8 Å². The van der Waals surface area contributed by atoms with Gasteiger partial charge >= 0.3 is 0 Å². The zero-order valence-corrected chi connectivity index (χ0v) is 14.3. The summed E-state index contributed by atoms with van der Waals surface area (Å²) >= 11 is 0. The first-order chi connectivity index (χ1) is 12.0. The van der Waals surface area contributed by atoms with E-state index in [0.717, 1.165) is 21.8 Å². The van der Waals surface area contributed by atoms with Crippen LogP contribution in [0.4, 0.5) is 4.39 Å². The smallest absolute Gasteiger partial charge is 0.275 e. The first-order valence-electron chi connectivity index (χ1n) is 8.26. The molecule has 0 spiro atoms. The average molecular weight is 345 g/mol. The standard InChI is InChI=1S/C19H21FN2O3/c1-13(15-5-8-17-18(9-15)25-12-24-17)21-19(23)11-22(2)10-14-3-6-16(20)7-4-14/h3-9,13H,10-12H2,1-2H3,(H,21,23)/p+1/t13-/m1/s1. The number of fused-ring (bicyclic) bond motifs is 1. The van der Waals surface area contributed by atoms with Gasteiger partial charge in [-0.05, 0) is 36.8 Å². The molecule has 2 atom stereocenters. The van der Waals surface area contributed by atoms with Gasteiger partial charge in [0.25, 0.3) is 5.91 Å². The summed E-state index contributed by atoms with van der Waals surface area (Å²) in [5.74, 6) is 1.14. The van der Waals surface area contributed by atoms with Crippen LogP contribution in [0, 0.1) is 5.82 Å². The van der Waals surface area contributed by atoms with Gasteiger partial charge in [-0.3, -0.25) is 4.79 Å². The van der Waals surface area contributed by atoms with Crippen molar-refractivity contribution >= 4 is 5.91 Å². The van der Waals surface area contributed by atoms with Gasteiger partial charge in [-0.2, -0.15) is 0 Å². The lowest BCUT2D eigenvalue weighted by Gasteiger charge is -2.18. The lowest BCUT2D eigenvalue weighted by Crippen LogP contribution is -3.08. The summed E-state index contributed by atoms with van der Waals surface area (Å²) in [6.45, 7) is 3.17. The molecule has 5 nitrogen and oxygen atoms in total. The summed E-state index contributed by atoms with van der Waals surface area (Å²) in [6.07, 6.45) is 0. The maximum absolute atomic E-state index is 12.9. The minimum Gasteiger partial charge on any atom is -0.454 e. The molecule has 0 saturated carbocycles. The number of carbonyl (C=O) groups is 1. The molecule has 0 aromatic heterocycles. The van der Waals surface area contributed by atoms with E-state index in [1.165, 1.54) is 12.1 Å². The van der Waals surface area contributed by atoms with Crippen LogP contribution in [0.1, 0.15) is 24.1 Å². The highest BCUT2D eigenvalue weighted by Crippen LogP contribution is 2.34. The summed E-state index contributed by atoms with van der Waals surface area (Å²) in [5, 5.41) is 3.00. The van der Waals surface area contributed by atoms with Gasteiger partial charge in [-0.25, -0.2) is 4.39 Å². The lowest BCUT2D eigenvalue weighted by molar-refractivity contribution is -0.885. The number of amides is 1. The van der Waals surface area contributed by atoms with Gasteiger partial charge in [0, 0.05) is 5.56 Å². The predicted octanol–water partition coefficient (Wildman–Crippen LogP) is 1.45. The molecule has 1 aliphatic rings. The topological polar surface area (TPSA) is 52.0 Å². The molecule has 2 N–H and O–H groups in total. The maximum atomic E-state index is 12.9. The van der Waals surface area contributed by atoms with E-state index in [9.17, 15) is 9.18 Å². The Hall–Kier alpha value is -2.60. The number of carbonyl (C=O) groups excluding carboxylic acids is 1. The van der Waals surface area contributed by atoms with Crippen molar-refractivity contribution in [1.29, 1.82) is 0 Å². The second kappa shape index (κ2) is 7.53. The number of ether oxygens (including phenoxy) is 2. The molecule has 3 rings (SSSR count). The number of benzene rings is 2. The van der Waals surface area contributed by atoms with Crippen molar-refractivity contribution in [3.05, 3.63) is 59.4 Å². The van der Waals surface area contributed by atoms with Crippen LogP contribution in [0.25, 0.3) is 0 Å². The molecule has 1 amide bonds. The highest BCUT2D eigenvalue weighted by molar-refractivity contribution is 5.77. The van der Waals surface area contributed by atoms with Crippen LogP contribution in [0.15, 0.2) is 42.5 Å². The SMILES string of the molecule is C[C@@H](NC(=O)C[NH+](C)Cc1ccc(F)cc1)c1ccc2c(c1)OCO2. The van der Waals surface area contributed by atoms with Crippen LogP contribution in [-0.2, 0) is 11.3 Å². The molecule has 2 aromatic carbocycles. The van der Waals surface area contributed by atoms with E-state index in [-0.39, 0.29) is 24.6 Å². The van der Waals surface area contributed by atoms with Crippen LogP contribution in [0.3, 0.4) is 0 Å². The Kier molecular flexibility index (Phi) is 5.19. The first kappa shape index (κ1) is 17.2. The second-order valence-electron chi connectivity index (χ2n) is 6.34. The van der Waals surface area contributed by atoms with Crippen molar-refractivity contribution in [2.24, 2.45) is 0 Å². The minimum atomic E-state index is -0.253. The predicted molar refractivity (Wildman–Crippen MR) is 91.0 cm³/mol. The first-order valence-corrected chi connectivity index (χ1v) is 8.26. The second-order valence-corrected chi connectivity index (χ2v) is 6.34. The van der Waals surface area contributed by atoms with Gasteiger partial charge in [0.2, 0.25) is 6.79 Å². The number of nitrogens with one attached hydrogen (secondary N) is 2. The molecule has 0 saturated heterocycles. The van der Waals surface area contributed by atoms with Crippen molar-refractivity contribution in [3.8, 4) is 11.5 Å². The molecule has 132 valence electrons. The van der Waals surface area contributed by atoms with E-state index in [4.69, 9.17) is 9.47 Å². The van der Waals surface area contributed by atoms with Gasteiger partial charge in [-0.15, -0.1) is 0 Å².